The topological polar surface area (TPSA) is 53.4 Å². The van der Waals surface area contributed by atoms with Crippen molar-refractivity contribution in [2.24, 2.45) is 0 Å². The fourth-order valence-corrected chi connectivity index (χ4v) is 1.84. The van der Waals surface area contributed by atoms with Gasteiger partial charge in [-0.25, -0.2) is 9.78 Å². The van der Waals surface area contributed by atoms with Gasteiger partial charge in [0.05, 0.1) is 0 Å². The van der Waals surface area contributed by atoms with Crippen LogP contribution in [0.1, 0.15) is 28.0 Å². The number of carboxylic acids is 1. The molecule has 0 atom stereocenters. The smallest absolute Gasteiger partial charge is 0.339 e. The third-order valence-electron chi connectivity index (χ3n) is 2.70. The Morgan fingerprint density at radius 2 is 2.13 bits per heavy atom. The summed E-state index contributed by atoms with van der Waals surface area (Å²) in [7, 11) is 0. The molecule has 80 valence electrons. The third-order valence-corrected chi connectivity index (χ3v) is 2.70. The Bertz CT molecular complexity index is 411. The highest BCUT2D eigenvalue weighted by molar-refractivity contribution is 5.95. The van der Waals surface area contributed by atoms with Crippen LogP contribution in [0.3, 0.4) is 0 Å². The van der Waals surface area contributed by atoms with Crippen molar-refractivity contribution >= 4 is 11.8 Å². The average Bonchev–Trinajstić information content (AvgIpc) is 1.97. The molecule has 1 N–H and O–H groups in total. The number of aryl methyl sites for hydroxylation is 2. The predicted molar refractivity (Wildman–Crippen MR) is 57.5 cm³/mol. The minimum absolute atomic E-state index is 0.348. The van der Waals surface area contributed by atoms with Crippen LogP contribution in [0, 0.1) is 13.8 Å². The number of pyridine rings is 1. The number of hydrogen-bond acceptors (Lipinski definition) is 3. The van der Waals surface area contributed by atoms with E-state index >= 15 is 0 Å². The van der Waals surface area contributed by atoms with Crippen LogP contribution < -0.4 is 4.90 Å². The summed E-state index contributed by atoms with van der Waals surface area (Å²) in [5.41, 5.74) is 2.01. The molecule has 1 fully saturated rings. The van der Waals surface area contributed by atoms with Crippen LogP contribution in [0.2, 0.25) is 0 Å². The quantitative estimate of drug-likeness (QED) is 0.798. The third kappa shape index (κ3) is 1.67. The van der Waals surface area contributed by atoms with Crippen molar-refractivity contribution in [3.05, 3.63) is 22.9 Å². The average molecular weight is 206 g/mol. The van der Waals surface area contributed by atoms with E-state index in [0.717, 1.165) is 30.8 Å². The maximum atomic E-state index is 11.1. The van der Waals surface area contributed by atoms with Gasteiger partial charge in [0.15, 0.2) is 0 Å². The van der Waals surface area contributed by atoms with Gasteiger partial charge >= 0.3 is 5.97 Å². The molecule has 0 amide bonds. The fraction of sp³-hybridized carbons (Fsp3) is 0.455. The van der Waals surface area contributed by atoms with Crippen molar-refractivity contribution < 1.29 is 9.90 Å². The first-order chi connectivity index (χ1) is 7.09. The summed E-state index contributed by atoms with van der Waals surface area (Å²) in [6, 6.07) is 1.81. The van der Waals surface area contributed by atoms with Gasteiger partial charge in [-0.05, 0) is 31.9 Å². The predicted octanol–water partition coefficient (Wildman–Crippen LogP) is 1.61. The van der Waals surface area contributed by atoms with Crippen molar-refractivity contribution in [1.82, 2.24) is 4.98 Å². The summed E-state index contributed by atoms with van der Waals surface area (Å²) in [5.74, 6) is -0.256. The molecular weight excluding hydrogens is 192 g/mol. The highest BCUT2D eigenvalue weighted by Crippen LogP contribution is 2.26. The van der Waals surface area contributed by atoms with E-state index in [1.54, 1.807) is 0 Å². The molecule has 0 spiro atoms. The Morgan fingerprint density at radius 1 is 1.47 bits per heavy atom. The number of carbonyl (C=O) groups is 1. The van der Waals surface area contributed by atoms with Gasteiger partial charge < -0.3 is 10.0 Å². The highest BCUT2D eigenvalue weighted by Gasteiger charge is 2.24. The molecule has 0 unspecified atom stereocenters. The normalized spacial score (nSPS) is 14.9. The molecule has 1 aliphatic heterocycles. The monoisotopic (exact) mass is 206 g/mol. The molecule has 0 aliphatic carbocycles. The Balaban J connectivity index is 2.53. The second kappa shape index (κ2) is 3.53. The Morgan fingerprint density at radius 3 is 2.60 bits per heavy atom. The van der Waals surface area contributed by atoms with Crippen molar-refractivity contribution in [3.8, 4) is 0 Å². The van der Waals surface area contributed by atoms with E-state index in [2.05, 4.69) is 4.98 Å². The van der Waals surface area contributed by atoms with Crippen LogP contribution in [0.15, 0.2) is 6.07 Å². The lowest BCUT2D eigenvalue weighted by molar-refractivity contribution is 0.0696. The molecule has 0 aromatic carbocycles. The number of carboxylic acid groups (broad SMARTS) is 1. The summed E-state index contributed by atoms with van der Waals surface area (Å²) in [6.07, 6.45) is 1.12. The van der Waals surface area contributed by atoms with Gasteiger partial charge in [0.2, 0.25) is 0 Å². The first kappa shape index (κ1) is 9.96. The van der Waals surface area contributed by atoms with Crippen molar-refractivity contribution in [2.45, 2.75) is 20.3 Å². The SMILES string of the molecule is Cc1cc(C)c(C(=O)O)c(N2CCC2)n1. The van der Waals surface area contributed by atoms with E-state index in [0.29, 0.717) is 11.4 Å². The van der Waals surface area contributed by atoms with Crippen LogP contribution in [0.4, 0.5) is 5.82 Å². The molecule has 0 radical (unpaired) electrons. The molecule has 0 saturated carbocycles. The molecule has 1 aromatic heterocycles. The van der Waals surface area contributed by atoms with Gasteiger partial charge in [-0.2, -0.15) is 0 Å². The highest BCUT2D eigenvalue weighted by atomic mass is 16.4. The van der Waals surface area contributed by atoms with Crippen molar-refractivity contribution in [1.29, 1.82) is 0 Å². The van der Waals surface area contributed by atoms with E-state index in [1.165, 1.54) is 0 Å². The molecule has 1 saturated heterocycles. The molecule has 2 heterocycles. The molecule has 1 aliphatic rings. The zero-order valence-electron chi connectivity index (χ0n) is 8.95. The molecule has 15 heavy (non-hydrogen) atoms. The summed E-state index contributed by atoms with van der Waals surface area (Å²) in [6.45, 7) is 5.54. The second-order valence-corrected chi connectivity index (χ2v) is 3.92. The summed E-state index contributed by atoms with van der Waals surface area (Å²) >= 11 is 0. The lowest BCUT2D eigenvalue weighted by atomic mass is 10.1. The van der Waals surface area contributed by atoms with Gasteiger partial charge in [-0.15, -0.1) is 0 Å². The number of rotatable bonds is 2. The number of anilines is 1. The lowest BCUT2D eigenvalue weighted by Crippen LogP contribution is -2.39. The van der Waals surface area contributed by atoms with Crippen LogP contribution in [-0.4, -0.2) is 29.1 Å². The fourth-order valence-electron chi connectivity index (χ4n) is 1.84. The minimum atomic E-state index is -0.887. The van der Waals surface area contributed by atoms with Crippen LogP contribution >= 0.6 is 0 Å². The molecule has 4 nitrogen and oxygen atoms in total. The largest absolute Gasteiger partial charge is 0.478 e. The number of hydrogen-bond donors (Lipinski definition) is 1. The van der Waals surface area contributed by atoms with E-state index in [9.17, 15) is 4.79 Å². The van der Waals surface area contributed by atoms with E-state index in [4.69, 9.17) is 5.11 Å². The van der Waals surface area contributed by atoms with Gasteiger partial charge in [-0.1, -0.05) is 0 Å². The second-order valence-electron chi connectivity index (χ2n) is 3.92. The summed E-state index contributed by atoms with van der Waals surface area (Å²) < 4.78 is 0. The maximum Gasteiger partial charge on any atom is 0.339 e. The number of aromatic nitrogens is 1. The first-order valence-electron chi connectivity index (χ1n) is 5.06. The zero-order chi connectivity index (χ0) is 11.0. The van der Waals surface area contributed by atoms with Gasteiger partial charge in [0.25, 0.3) is 0 Å². The molecule has 1 aromatic rings. The van der Waals surface area contributed by atoms with E-state index in [-0.39, 0.29) is 0 Å². The molecule has 2 rings (SSSR count). The molecule has 4 heteroatoms. The summed E-state index contributed by atoms with van der Waals surface area (Å²) in [4.78, 5) is 17.5. The van der Waals surface area contributed by atoms with E-state index in [1.807, 2.05) is 24.8 Å². The van der Waals surface area contributed by atoms with E-state index < -0.39 is 5.97 Å². The first-order valence-corrected chi connectivity index (χ1v) is 5.06. The van der Waals surface area contributed by atoms with Crippen LogP contribution in [0.5, 0.6) is 0 Å². The molecular formula is C11H14N2O2. The van der Waals surface area contributed by atoms with Gasteiger partial charge in [-0.3, -0.25) is 0 Å². The van der Waals surface area contributed by atoms with Crippen molar-refractivity contribution in [2.75, 3.05) is 18.0 Å². The Kier molecular flexibility index (Phi) is 2.34. The summed E-state index contributed by atoms with van der Waals surface area (Å²) in [5, 5.41) is 9.14. The van der Waals surface area contributed by atoms with Crippen LogP contribution in [-0.2, 0) is 0 Å². The van der Waals surface area contributed by atoms with Crippen molar-refractivity contribution in [3.63, 3.8) is 0 Å². The Labute approximate surface area is 88.6 Å². The van der Waals surface area contributed by atoms with Gasteiger partial charge in [0.1, 0.15) is 11.4 Å². The maximum absolute atomic E-state index is 11.1. The standard InChI is InChI=1S/C11H14N2O2/c1-7-6-8(2)12-10(9(7)11(14)15)13-4-3-5-13/h6H,3-5H2,1-2H3,(H,14,15). The number of nitrogens with zero attached hydrogens (tertiary/aromatic N) is 2. The minimum Gasteiger partial charge on any atom is -0.478 e. The molecule has 0 bridgehead atoms. The number of aromatic carboxylic acids is 1. The Hall–Kier alpha value is -1.58. The van der Waals surface area contributed by atoms with Gasteiger partial charge in [0, 0.05) is 18.8 Å². The van der Waals surface area contributed by atoms with Crippen LogP contribution in [0.25, 0.3) is 0 Å². The lowest BCUT2D eigenvalue weighted by Gasteiger charge is -2.33. The zero-order valence-corrected chi connectivity index (χ0v) is 8.95.